The SMILES string of the molecule is CCCOc1ccc(S(=O)(=O)Nc2cccc(OC)c2)cc1C#N. The molecule has 0 saturated heterocycles. The number of ether oxygens (including phenoxy) is 2. The van der Waals surface area contributed by atoms with Gasteiger partial charge in [0.15, 0.2) is 0 Å². The number of nitrogens with zero attached hydrogens (tertiary/aromatic N) is 1. The van der Waals surface area contributed by atoms with Crippen molar-refractivity contribution in [2.24, 2.45) is 0 Å². The lowest BCUT2D eigenvalue weighted by Gasteiger charge is -2.11. The fourth-order valence-corrected chi connectivity index (χ4v) is 3.08. The number of benzene rings is 2. The van der Waals surface area contributed by atoms with Gasteiger partial charge >= 0.3 is 0 Å². The normalized spacial score (nSPS) is 10.7. The standard InChI is InChI=1S/C17H18N2O4S/c1-3-9-23-17-8-7-16(10-13(17)12-18)24(20,21)19-14-5-4-6-15(11-14)22-2/h4-8,10-11,19H,3,9H2,1-2H3. The minimum atomic E-state index is -3.82. The summed E-state index contributed by atoms with van der Waals surface area (Å²) >= 11 is 0. The first kappa shape index (κ1) is 17.6. The van der Waals surface area contributed by atoms with E-state index in [0.717, 1.165) is 6.42 Å². The quantitative estimate of drug-likeness (QED) is 0.832. The molecule has 0 radical (unpaired) electrons. The molecule has 0 aliphatic rings. The zero-order valence-electron chi connectivity index (χ0n) is 13.4. The maximum Gasteiger partial charge on any atom is 0.261 e. The molecule has 24 heavy (non-hydrogen) atoms. The summed E-state index contributed by atoms with van der Waals surface area (Å²) in [6.45, 7) is 2.41. The molecular weight excluding hydrogens is 328 g/mol. The monoisotopic (exact) mass is 346 g/mol. The molecule has 0 fully saturated rings. The average Bonchev–Trinajstić information content (AvgIpc) is 2.59. The Morgan fingerprint density at radius 1 is 1.21 bits per heavy atom. The summed E-state index contributed by atoms with van der Waals surface area (Å²) in [5.41, 5.74) is 0.552. The van der Waals surface area contributed by atoms with E-state index >= 15 is 0 Å². The number of hydrogen-bond donors (Lipinski definition) is 1. The number of hydrogen-bond acceptors (Lipinski definition) is 5. The van der Waals surface area contributed by atoms with Crippen LogP contribution in [0.2, 0.25) is 0 Å². The van der Waals surface area contributed by atoms with Crippen LogP contribution in [0.1, 0.15) is 18.9 Å². The minimum absolute atomic E-state index is 0.00859. The zero-order chi connectivity index (χ0) is 17.6. The van der Waals surface area contributed by atoms with Crippen LogP contribution in [0.5, 0.6) is 11.5 Å². The van der Waals surface area contributed by atoms with Crippen molar-refractivity contribution in [3.63, 3.8) is 0 Å². The number of rotatable bonds is 7. The topological polar surface area (TPSA) is 88.4 Å². The van der Waals surface area contributed by atoms with Crippen LogP contribution < -0.4 is 14.2 Å². The van der Waals surface area contributed by atoms with E-state index in [9.17, 15) is 13.7 Å². The fraction of sp³-hybridized carbons (Fsp3) is 0.235. The molecule has 0 aromatic heterocycles. The predicted molar refractivity (Wildman–Crippen MR) is 90.7 cm³/mol. The summed E-state index contributed by atoms with van der Waals surface area (Å²) in [5, 5.41) is 9.20. The first-order chi connectivity index (χ1) is 11.5. The van der Waals surface area contributed by atoms with Gasteiger partial charge in [-0.2, -0.15) is 5.26 Å². The van der Waals surface area contributed by atoms with Gasteiger partial charge in [-0.15, -0.1) is 0 Å². The first-order valence-corrected chi connectivity index (χ1v) is 8.82. The van der Waals surface area contributed by atoms with Crippen molar-refractivity contribution in [3.8, 4) is 17.6 Å². The van der Waals surface area contributed by atoms with Crippen LogP contribution in [0.3, 0.4) is 0 Å². The molecule has 2 aromatic rings. The van der Waals surface area contributed by atoms with E-state index in [1.54, 1.807) is 24.3 Å². The Balaban J connectivity index is 2.30. The van der Waals surface area contributed by atoms with Gasteiger partial charge in [-0.1, -0.05) is 13.0 Å². The van der Waals surface area contributed by atoms with Crippen molar-refractivity contribution in [1.82, 2.24) is 0 Å². The number of sulfonamides is 1. The van der Waals surface area contributed by atoms with Gasteiger partial charge in [0.2, 0.25) is 0 Å². The minimum Gasteiger partial charge on any atom is -0.497 e. The Labute approximate surface area is 141 Å². The second-order valence-electron chi connectivity index (χ2n) is 4.96. The van der Waals surface area contributed by atoms with Crippen LogP contribution in [-0.2, 0) is 10.0 Å². The Morgan fingerprint density at radius 2 is 2.00 bits per heavy atom. The summed E-state index contributed by atoms with van der Waals surface area (Å²) in [6, 6.07) is 12.7. The molecule has 1 N–H and O–H groups in total. The summed E-state index contributed by atoms with van der Waals surface area (Å²) in [6.07, 6.45) is 0.794. The van der Waals surface area contributed by atoms with Crippen LogP contribution in [0.15, 0.2) is 47.4 Å². The number of nitrogens with one attached hydrogen (secondary N) is 1. The molecule has 6 nitrogen and oxygen atoms in total. The maximum absolute atomic E-state index is 12.5. The lowest BCUT2D eigenvalue weighted by Crippen LogP contribution is -2.13. The zero-order valence-corrected chi connectivity index (χ0v) is 14.3. The summed E-state index contributed by atoms with van der Waals surface area (Å²) in [7, 11) is -2.32. The molecule has 0 aliphatic heterocycles. The van der Waals surface area contributed by atoms with Gasteiger partial charge in [0.25, 0.3) is 10.0 Å². The number of nitriles is 1. The van der Waals surface area contributed by atoms with E-state index in [0.29, 0.717) is 23.8 Å². The highest BCUT2D eigenvalue weighted by molar-refractivity contribution is 7.92. The van der Waals surface area contributed by atoms with Gasteiger partial charge in [-0.05, 0) is 36.8 Å². The van der Waals surface area contributed by atoms with E-state index in [2.05, 4.69) is 4.72 Å². The molecule has 7 heteroatoms. The molecule has 0 heterocycles. The molecule has 0 aliphatic carbocycles. The summed E-state index contributed by atoms with van der Waals surface area (Å²) in [5.74, 6) is 0.913. The van der Waals surface area contributed by atoms with Crippen molar-refractivity contribution in [1.29, 1.82) is 5.26 Å². The molecule has 0 spiro atoms. The van der Waals surface area contributed by atoms with E-state index in [4.69, 9.17) is 9.47 Å². The van der Waals surface area contributed by atoms with E-state index in [1.807, 2.05) is 13.0 Å². The molecule has 0 amide bonds. The molecule has 0 atom stereocenters. The molecule has 0 bridgehead atoms. The van der Waals surface area contributed by atoms with E-state index in [1.165, 1.54) is 25.3 Å². The Kier molecular flexibility index (Phi) is 5.66. The number of methoxy groups -OCH3 is 1. The molecule has 0 unspecified atom stereocenters. The average molecular weight is 346 g/mol. The van der Waals surface area contributed by atoms with Crippen molar-refractivity contribution in [3.05, 3.63) is 48.0 Å². The van der Waals surface area contributed by atoms with Gasteiger partial charge in [-0.25, -0.2) is 8.42 Å². The van der Waals surface area contributed by atoms with E-state index < -0.39 is 10.0 Å². The van der Waals surface area contributed by atoms with Gasteiger partial charge in [0, 0.05) is 6.07 Å². The molecule has 0 saturated carbocycles. The maximum atomic E-state index is 12.5. The lowest BCUT2D eigenvalue weighted by molar-refractivity contribution is 0.316. The molecule has 126 valence electrons. The smallest absolute Gasteiger partial charge is 0.261 e. The second kappa shape index (κ2) is 7.70. The van der Waals surface area contributed by atoms with Gasteiger partial charge < -0.3 is 9.47 Å². The van der Waals surface area contributed by atoms with Crippen molar-refractivity contribution in [2.45, 2.75) is 18.2 Å². The van der Waals surface area contributed by atoms with Crippen LogP contribution in [0.4, 0.5) is 5.69 Å². The molecule has 2 aromatic carbocycles. The first-order valence-electron chi connectivity index (χ1n) is 7.34. The van der Waals surface area contributed by atoms with Crippen molar-refractivity contribution >= 4 is 15.7 Å². The van der Waals surface area contributed by atoms with Crippen LogP contribution >= 0.6 is 0 Å². The fourth-order valence-electron chi connectivity index (χ4n) is 2.00. The van der Waals surface area contributed by atoms with Crippen LogP contribution in [0, 0.1) is 11.3 Å². The third-order valence-corrected chi connectivity index (χ3v) is 4.54. The Bertz CT molecular complexity index is 857. The highest BCUT2D eigenvalue weighted by Gasteiger charge is 2.17. The largest absolute Gasteiger partial charge is 0.497 e. The van der Waals surface area contributed by atoms with Crippen LogP contribution in [0.25, 0.3) is 0 Å². The van der Waals surface area contributed by atoms with Gasteiger partial charge in [0.1, 0.15) is 17.6 Å². The summed E-state index contributed by atoms with van der Waals surface area (Å²) in [4.78, 5) is -0.00859. The lowest BCUT2D eigenvalue weighted by atomic mass is 10.2. The van der Waals surface area contributed by atoms with Crippen molar-refractivity contribution < 1.29 is 17.9 Å². The van der Waals surface area contributed by atoms with Crippen LogP contribution in [-0.4, -0.2) is 22.1 Å². The Morgan fingerprint density at radius 3 is 2.67 bits per heavy atom. The molecular formula is C17H18N2O4S. The third kappa shape index (κ3) is 4.18. The highest BCUT2D eigenvalue weighted by Crippen LogP contribution is 2.25. The number of anilines is 1. The second-order valence-corrected chi connectivity index (χ2v) is 6.64. The van der Waals surface area contributed by atoms with Gasteiger partial charge in [0.05, 0.1) is 29.9 Å². The third-order valence-electron chi connectivity index (χ3n) is 3.17. The van der Waals surface area contributed by atoms with Gasteiger partial charge in [-0.3, -0.25) is 4.72 Å². The molecule has 2 rings (SSSR count). The Hall–Kier alpha value is -2.72. The van der Waals surface area contributed by atoms with Crippen molar-refractivity contribution in [2.75, 3.05) is 18.4 Å². The highest BCUT2D eigenvalue weighted by atomic mass is 32.2. The summed E-state index contributed by atoms with van der Waals surface area (Å²) < 4.78 is 38.0. The predicted octanol–water partition coefficient (Wildman–Crippen LogP) is 3.16. The van der Waals surface area contributed by atoms with E-state index in [-0.39, 0.29) is 10.5 Å².